The smallest absolute Gasteiger partial charge is 0.326 e. The number of urea groups is 1. The average molecular weight is 617 g/mol. The van der Waals surface area contributed by atoms with Crippen LogP contribution in [-0.4, -0.2) is 70.6 Å². The molecule has 0 saturated carbocycles. The van der Waals surface area contributed by atoms with Gasteiger partial charge in [-0.25, -0.2) is 9.59 Å². The van der Waals surface area contributed by atoms with Crippen LogP contribution >= 0.6 is 0 Å². The molecule has 3 aromatic carbocycles. The molecule has 45 heavy (non-hydrogen) atoms. The quantitative estimate of drug-likeness (QED) is 0.204. The number of likely N-dealkylation sites (tertiary alicyclic amines) is 1. The molecule has 0 radical (unpaired) electrons. The topological polar surface area (TPSA) is 174 Å². The Morgan fingerprint density at radius 3 is 1.98 bits per heavy atom. The Hall–Kier alpha value is -5.39. The van der Waals surface area contributed by atoms with Crippen LogP contribution in [0.5, 0.6) is 5.75 Å². The molecule has 0 aromatic heterocycles. The van der Waals surface area contributed by atoms with Crippen molar-refractivity contribution in [2.45, 2.75) is 50.6 Å². The van der Waals surface area contributed by atoms with E-state index in [4.69, 9.17) is 9.84 Å². The summed E-state index contributed by atoms with van der Waals surface area (Å²) >= 11 is 0. The number of carboxylic acid groups (broad SMARTS) is 2. The molecule has 12 heteroatoms. The van der Waals surface area contributed by atoms with Crippen molar-refractivity contribution in [2.75, 3.05) is 24.3 Å². The highest BCUT2D eigenvalue weighted by Crippen LogP contribution is 2.33. The number of nitrogens with zero attached hydrogens (tertiary/aromatic N) is 1. The zero-order chi connectivity index (χ0) is 32.5. The van der Waals surface area contributed by atoms with Crippen LogP contribution in [0, 0.1) is 0 Å². The Balaban J connectivity index is 1.36. The van der Waals surface area contributed by atoms with Crippen molar-refractivity contribution in [2.24, 2.45) is 0 Å². The van der Waals surface area contributed by atoms with Crippen molar-refractivity contribution >= 4 is 41.2 Å². The number of carbonyl (C=O) groups excluding carboxylic acids is 3. The van der Waals surface area contributed by atoms with E-state index in [1.165, 1.54) is 11.8 Å². The molecule has 1 aliphatic rings. The van der Waals surface area contributed by atoms with E-state index < -0.39 is 36.0 Å². The van der Waals surface area contributed by atoms with Crippen LogP contribution in [0.25, 0.3) is 0 Å². The fourth-order valence-corrected chi connectivity index (χ4v) is 5.28. The molecule has 12 nitrogen and oxygen atoms in total. The summed E-state index contributed by atoms with van der Waals surface area (Å²) in [7, 11) is 1.56. The molecular weight excluding hydrogens is 580 g/mol. The van der Waals surface area contributed by atoms with E-state index in [1.807, 2.05) is 12.1 Å². The lowest BCUT2D eigenvalue weighted by Crippen LogP contribution is -2.51. The van der Waals surface area contributed by atoms with E-state index in [0.29, 0.717) is 35.5 Å². The fourth-order valence-electron chi connectivity index (χ4n) is 5.28. The number of benzene rings is 3. The van der Waals surface area contributed by atoms with E-state index >= 15 is 0 Å². The zero-order valence-electron chi connectivity index (χ0n) is 25.0. The van der Waals surface area contributed by atoms with Gasteiger partial charge in [0, 0.05) is 43.6 Å². The molecule has 0 bridgehead atoms. The maximum absolute atomic E-state index is 13.3. The van der Waals surface area contributed by atoms with E-state index in [1.54, 1.807) is 67.8 Å². The molecule has 3 unspecified atom stereocenters. The lowest BCUT2D eigenvalue weighted by molar-refractivity contribution is -0.143. The van der Waals surface area contributed by atoms with Crippen molar-refractivity contribution in [1.82, 2.24) is 10.2 Å². The number of ether oxygens (including phenoxy) is 1. The van der Waals surface area contributed by atoms with Gasteiger partial charge in [0.25, 0.3) is 0 Å². The maximum atomic E-state index is 13.3. The normalized spacial score (nSPS) is 16.4. The average Bonchev–Trinajstić information content (AvgIpc) is 3.47. The summed E-state index contributed by atoms with van der Waals surface area (Å²) < 4.78 is 5.12. The van der Waals surface area contributed by atoms with Crippen molar-refractivity contribution in [3.8, 4) is 5.75 Å². The maximum Gasteiger partial charge on any atom is 0.326 e. The molecule has 0 aliphatic carbocycles. The second-order valence-electron chi connectivity index (χ2n) is 10.9. The van der Waals surface area contributed by atoms with Crippen LogP contribution < -0.4 is 20.7 Å². The van der Waals surface area contributed by atoms with Crippen LogP contribution in [0.15, 0.2) is 72.8 Å². The second kappa shape index (κ2) is 14.9. The molecule has 1 fully saturated rings. The molecule has 4 amide bonds. The van der Waals surface area contributed by atoms with Gasteiger partial charge in [-0.3, -0.25) is 14.4 Å². The van der Waals surface area contributed by atoms with Gasteiger partial charge in [0.05, 0.1) is 7.11 Å². The summed E-state index contributed by atoms with van der Waals surface area (Å²) in [6.07, 6.45) is 0.682. The third-order valence-corrected chi connectivity index (χ3v) is 7.70. The monoisotopic (exact) mass is 616 g/mol. The molecule has 236 valence electrons. The van der Waals surface area contributed by atoms with Gasteiger partial charge in [-0.1, -0.05) is 36.4 Å². The van der Waals surface area contributed by atoms with Gasteiger partial charge >= 0.3 is 18.0 Å². The third-order valence-electron chi connectivity index (χ3n) is 7.70. The SMILES string of the molecule is COc1ccc(NC(=O)Nc2ccc(C3CC(C(=O)NC(Cc4ccc(CCC(=O)O)cc4)C(=O)O)N(C(C)=O)C3)cc2)cc1. The summed E-state index contributed by atoms with van der Waals surface area (Å²) in [6, 6.07) is 18.5. The van der Waals surface area contributed by atoms with Gasteiger partial charge in [-0.2, -0.15) is 0 Å². The van der Waals surface area contributed by atoms with Gasteiger partial charge in [0.2, 0.25) is 11.8 Å². The van der Waals surface area contributed by atoms with Crippen molar-refractivity contribution in [1.29, 1.82) is 0 Å². The van der Waals surface area contributed by atoms with Gasteiger partial charge in [-0.05, 0) is 65.9 Å². The number of anilines is 2. The predicted molar refractivity (Wildman–Crippen MR) is 166 cm³/mol. The van der Waals surface area contributed by atoms with Crippen LogP contribution in [0.2, 0.25) is 0 Å². The molecule has 0 spiro atoms. The highest BCUT2D eigenvalue weighted by Gasteiger charge is 2.40. The second-order valence-corrected chi connectivity index (χ2v) is 10.9. The van der Waals surface area contributed by atoms with E-state index in [9.17, 15) is 29.1 Å². The van der Waals surface area contributed by atoms with E-state index in [0.717, 1.165) is 11.1 Å². The first-order valence-corrected chi connectivity index (χ1v) is 14.4. The standard InChI is InChI=1S/C33H36N4O8/c1-20(38)37-19-24(23-8-10-25(11-9-23)34-33(44)35-26-12-14-27(45-2)15-13-26)18-29(37)31(41)36-28(32(42)43)17-22-5-3-21(4-6-22)7-16-30(39)40/h3-6,8-15,24,28-29H,7,16-19H2,1-2H3,(H,36,41)(H,39,40)(H,42,43)(H2,34,35,44). The minimum Gasteiger partial charge on any atom is -0.497 e. The number of amides is 4. The number of rotatable bonds is 12. The Bertz CT molecular complexity index is 1520. The Labute approximate surface area is 260 Å². The van der Waals surface area contributed by atoms with Crippen molar-refractivity contribution in [3.05, 3.63) is 89.5 Å². The number of methoxy groups -OCH3 is 1. The number of nitrogens with one attached hydrogen (secondary N) is 3. The zero-order valence-corrected chi connectivity index (χ0v) is 25.0. The van der Waals surface area contributed by atoms with Crippen LogP contribution in [0.4, 0.5) is 16.2 Å². The number of hydrogen-bond donors (Lipinski definition) is 5. The Morgan fingerprint density at radius 2 is 1.44 bits per heavy atom. The molecule has 3 atom stereocenters. The van der Waals surface area contributed by atoms with Gasteiger partial charge in [0.15, 0.2) is 0 Å². The van der Waals surface area contributed by atoms with Crippen molar-refractivity contribution in [3.63, 3.8) is 0 Å². The van der Waals surface area contributed by atoms with Crippen LogP contribution in [0.3, 0.4) is 0 Å². The number of aliphatic carboxylic acids is 2. The highest BCUT2D eigenvalue weighted by atomic mass is 16.5. The summed E-state index contributed by atoms with van der Waals surface area (Å²) in [6.45, 7) is 1.66. The molecule has 3 aromatic rings. The predicted octanol–water partition coefficient (Wildman–Crippen LogP) is 3.87. The van der Waals surface area contributed by atoms with E-state index in [2.05, 4.69) is 16.0 Å². The lowest BCUT2D eigenvalue weighted by atomic mass is 9.95. The minimum atomic E-state index is -1.22. The largest absolute Gasteiger partial charge is 0.497 e. The fraction of sp³-hybridized carbons (Fsp3) is 0.303. The molecule has 4 rings (SSSR count). The Morgan fingerprint density at radius 1 is 0.867 bits per heavy atom. The number of hydrogen-bond acceptors (Lipinski definition) is 6. The molecular formula is C33H36N4O8. The molecule has 1 saturated heterocycles. The van der Waals surface area contributed by atoms with Crippen LogP contribution in [0.1, 0.15) is 42.4 Å². The van der Waals surface area contributed by atoms with Gasteiger partial charge < -0.3 is 35.8 Å². The third kappa shape index (κ3) is 9.05. The van der Waals surface area contributed by atoms with Gasteiger partial charge in [-0.15, -0.1) is 0 Å². The van der Waals surface area contributed by atoms with Gasteiger partial charge in [0.1, 0.15) is 17.8 Å². The first-order valence-electron chi connectivity index (χ1n) is 14.4. The number of carboxylic acids is 2. The summed E-state index contributed by atoms with van der Waals surface area (Å²) in [5.74, 6) is -2.45. The number of aryl methyl sites for hydroxylation is 1. The summed E-state index contributed by atoms with van der Waals surface area (Å²) in [5, 5.41) is 26.8. The first kappa shape index (κ1) is 32.5. The highest BCUT2D eigenvalue weighted by molar-refractivity contribution is 5.99. The minimum absolute atomic E-state index is 0.00819. The molecule has 5 N–H and O–H groups in total. The van der Waals surface area contributed by atoms with Crippen molar-refractivity contribution < 1.29 is 38.9 Å². The van der Waals surface area contributed by atoms with E-state index in [-0.39, 0.29) is 31.2 Å². The molecule has 1 aliphatic heterocycles. The Kier molecular flexibility index (Phi) is 10.7. The molecule has 1 heterocycles. The first-order chi connectivity index (χ1) is 21.5. The summed E-state index contributed by atoms with van der Waals surface area (Å²) in [4.78, 5) is 62.5. The summed E-state index contributed by atoms with van der Waals surface area (Å²) in [5.41, 5.74) is 3.50. The number of carbonyl (C=O) groups is 5. The van der Waals surface area contributed by atoms with Crippen LogP contribution in [-0.2, 0) is 32.0 Å². The lowest BCUT2D eigenvalue weighted by Gasteiger charge is -2.24.